The van der Waals surface area contributed by atoms with Crippen molar-refractivity contribution in [1.29, 1.82) is 0 Å². The van der Waals surface area contributed by atoms with E-state index in [1.54, 1.807) is 0 Å². The van der Waals surface area contributed by atoms with Gasteiger partial charge in [-0.3, -0.25) is 4.79 Å². The van der Waals surface area contributed by atoms with Gasteiger partial charge in [0.05, 0.1) is 0 Å². The van der Waals surface area contributed by atoms with E-state index < -0.39 is 0 Å². The van der Waals surface area contributed by atoms with Crippen molar-refractivity contribution in [2.24, 2.45) is 5.92 Å². The molecule has 1 aromatic rings. The van der Waals surface area contributed by atoms with Crippen LogP contribution in [-0.2, 0) is 9.53 Å². The van der Waals surface area contributed by atoms with E-state index in [2.05, 4.69) is 5.32 Å². The average molecular weight is 263 g/mol. The lowest BCUT2D eigenvalue weighted by molar-refractivity contribution is -0.123. The summed E-state index contributed by atoms with van der Waals surface area (Å²) >= 11 is 0. The first-order chi connectivity index (χ1) is 9.24. The van der Waals surface area contributed by atoms with Crippen molar-refractivity contribution < 1.29 is 14.3 Å². The Kier molecular flexibility index (Phi) is 5.21. The molecule has 1 heterocycles. The molecule has 0 spiro atoms. The molecule has 4 heteroatoms. The van der Waals surface area contributed by atoms with Gasteiger partial charge in [0.25, 0.3) is 5.91 Å². The van der Waals surface area contributed by atoms with Gasteiger partial charge < -0.3 is 14.8 Å². The summed E-state index contributed by atoms with van der Waals surface area (Å²) in [5.41, 5.74) is 1.13. The highest BCUT2D eigenvalue weighted by Crippen LogP contribution is 2.13. The van der Waals surface area contributed by atoms with Gasteiger partial charge >= 0.3 is 0 Å². The summed E-state index contributed by atoms with van der Waals surface area (Å²) in [7, 11) is 0. The quantitative estimate of drug-likeness (QED) is 0.883. The van der Waals surface area contributed by atoms with Crippen molar-refractivity contribution in [1.82, 2.24) is 5.32 Å². The van der Waals surface area contributed by atoms with Crippen LogP contribution in [0.3, 0.4) is 0 Å². The maximum absolute atomic E-state index is 11.7. The molecular weight excluding hydrogens is 242 g/mol. The largest absolute Gasteiger partial charge is 0.484 e. The van der Waals surface area contributed by atoms with Crippen LogP contribution in [0.5, 0.6) is 5.75 Å². The number of amides is 1. The van der Waals surface area contributed by atoms with Crippen molar-refractivity contribution in [3.8, 4) is 5.75 Å². The highest BCUT2D eigenvalue weighted by atomic mass is 16.5. The number of carbonyl (C=O) groups excluding carboxylic acids is 1. The number of hydrogen-bond donors (Lipinski definition) is 1. The van der Waals surface area contributed by atoms with Gasteiger partial charge in [0.1, 0.15) is 5.75 Å². The zero-order valence-corrected chi connectivity index (χ0v) is 11.4. The van der Waals surface area contributed by atoms with E-state index >= 15 is 0 Å². The lowest BCUT2D eigenvalue weighted by Gasteiger charge is -2.22. The highest BCUT2D eigenvalue weighted by Gasteiger charge is 2.14. The third kappa shape index (κ3) is 4.91. The monoisotopic (exact) mass is 263 g/mol. The fourth-order valence-electron chi connectivity index (χ4n) is 2.11. The molecule has 0 saturated carbocycles. The summed E-state index contributed by atoms with van der Waals surface area (Å²) in [4.78, 5) is 11.7. The molecule has 0 atom stereocenters. The number of hydrogen-bond acceptors (Lipinski definition) is 3. The molecule has 19 heavy (non-hydrogen) atoms. The van der Waals surface area contributed by atoms with E-state index in [0.717, 1.165) is 43.9 Å². The molecule has 4 nitrogen and oxygen atoms in total. The minimum absolute atomic E-state index is 0.0620. The molecule has 1 N–H and O–H groups in total. The van der Waals surface area contributed by atoms with Crippen LogP contribution in [0.1, 0.15) is 18.4 Å². The standard InChI is InChI=1S/C15H21NO3/c1-12-3-2-4-14(9-12)19-11-15(17)16-10-13-5-7-18-8-6-13/h2-4,9,13H,5-8,10-11H2,1H3,(H,16,17). The second kappa shape index (κ2) is 7.14. The Morgan fingerprint density at radius 1 is 1.42 bits per heavy atom. The van der Waals surface area contributed by atoms with Gasteiger partial charge in [-0.1, -0.05) is 12.1 Å². The van der Waals surface area contributed by atoms with E-state index in [1.807, 2.05) is 31.2 Å². The molecule has 2 rings (SSSR count). The molecular formula is C15H21NO3. The van der Waals surface area contributed by atoms with E-state index in [-0.39, 0.29) is 12.5 Å². The van der Waals surface area contributed by atoms with Crippen LogP contribution in [-0.4, -0.2) is 32.3 Å². The zero-order chi connectivity index (χ0) is 13.5. The van der Waals surface area contributed by atoms with Crippen LogP contribution in [0.4, 0.5) is 0 Å². The van der Waals surface area contributed by atoms with E-state index in [4.69, 9.17) is 9.47 Å². The van der Waals surface area contributed by atoms with Gasteiger partial charge in [0.2, 0.25) is 0 Å². The molecule has 0 aliphatic carbocycles. The summed E-state index contributed by atoms with van der Waals surface area (Å²) in [5.74, 6) is 1.21. The summed E-state index contributed by atoms with van der Waals surface area (Å²) in [6.45, 7) is 4.41. The Labute approximate surface area is 114 Å². The predicted octanol–water partition coefficient (Wildman–Crippen LogP) is 1.92. The molecule has 1 amide bonds. The molecule has 1 aliphatic heterocycles. The third-order valence-corrected chi connectivity index (χ3v) is 3.29. The Bertz CT molecular complexity index is 414. The second-order valence-corrected chi connectivity index (χ2v) is 4.97. The zero-order valence-electron chi connectivity index (χ0n) is 11.4. The average Bonchev–Trinajstić information content (AvgIpc) is 2.44. The first-order valence-corrected chi connectivity index (χ1v) is 6.78. The summed E-state index contributed by atoms with van der Waals surface area (Å²) in [5, 5.41) is 2.92. The summed E-state index contributed by atoms with van der Waals surface area (Å²) in [6, 6.07) is 7.70. The van der Waals surface area contributed by atoms with Crippen LogP contribution in [0.25, 0.3) is 0 Å². The van der Waals surface area contributed by atoms with Gasteiger partial charge in [0, 0.05) is 19.8 Å². The minimum atomic E-state index is -0.0620. The Balaban J connectivity index is 1.66. The number of ether oxygens (including phenoxy) is 2. The van der Waals surface area contributed by atoms with Crippen LogP contribution < -0.4 is 10.1 Å². The fourth-order valence-corrected chi connectivity index (χ4v) is 2.11. The molecule has 0 bridgehead atoms. The third-order valence-electron chi connectivity index (χ3n) is 3.29. The van der Waals surface area contributed by atoms with Crippen molar-refractivity contribution in [3.63, 3.8) is 0 Å². The number of nitrogens with one attached hydrogen (secondary N) is 1. The predicted molar refractivity (Wildman–Crippen MR) is 73.2 cm³/mol. The van der Waals surface area contributed by atoms with Crippen molar-refractivity contribution in [3.05, 3.63) is 29.8 Å². The fraction of sp³-hybridized carbons (Fsp3) is 0.533. The Morgan fingerprint density at radius 2 is 2.21 bits per heavy atom. The minimum Gasteiger partial charge on any atom is -0.484 e. The maximum atomic E-state index is 11.7. The number of carbonyl (C=O) groups is 1. The van der Waals surface area contributed by atoms with Gasteiger partial charge in [0.15, 0.2) is 6.61 Å². The molecule has 0 unspecified atom stereocenters. The van der Waals surface area contributed by atoms with Crippen LogP contribution in [0.15, 0.2) is 24.3 Å². The molecule has 1 fully saturated rings. The molecule has 0 radical (unpaired) electrons. The number of aryl methyl sites for hydroxylation is 1. The summed E-state index contributed by atoms with van der Waals surface area (Å²) in [6.07, 6.45) is 2.05. The molecule has 104 valence electrons. The Hall–Kier alpha value is -1.55. The maximum Gasteiger partial charge on any atom is 0.257 e. The number of rotatable bonds is 5. The second-order valence-electron chi connectivity index (χ2n) is 4.97. The van der Waals surface area contributed by atoms with Gasteiger partial charge in [-0.05, 0) is 43.4 Å². The first-order valence-electron chi connectivity index (χ1n) is 6.78. The van der Waals surface area contributed by atoms with E-state index in [1.165, 1.54) is 0 Å². The molecule has 1 aromatic carbocycles. The van der Waals surface area contributed by atoms with Gasteiger partial charge in [-0.2, -0.15) is 0 Å². The van der Waals surface area contributed by atoms with Crippen molar-refractivity contribution >= 4 is 5.91 Å². The topological polar surface area (TPSA) is 47.6 Å². The molecule has 1 saturated heterocycles. The van der Waals surface area contributed by atoms with Gasteiger partial charge in [-0.15, -0.1) is 0 Å². The van der Waals surface area contributed by atoms with E-state index in [0.29, 0.717) is 5.92 Å². The van der Waals surface area contributed by atoms with Crippen molar-refractivity contribution in [2.45, 2.75) is 19.8 Å². The highest BCUT2D eigenvalue weighted by molar-refractivity contribution is 5.77. The van der Waals surface area contributed by atoms with Crippen LogP contribution in [0.2, 0.25) is 0 Å². The van der Waals surface area contributed by atoms with Crippen LogP contribution in [0, 0.1) is 12.8 Å². The normalized spacial score (nSPS) is 16.1. The Morgan fingerprint density at radius 3 is 2.95 bits per heavy atom. The summed E-state index contributed by atoms with van der Waals surface area (Å²) < 4.78 is 10.7. The number of benzene rings is 1. The van der Waals surface area contributed by atoms with Crippen molar-refractivity contribution in [2.75, 3.05) is 26.4 Å². The smallest absolute Gasteiger partial charge is 0.257 e. The van der Waals surface area contributed by atoms with Gasteiger partial charge in [-0.25, -0.2) is 0 Å². The molecule has 0 aromatic heterocycles. The SMILES string of the molecule is Cc1cccc(OCC(=O)NCC2CCOCC2)c1. The lowest BCUT2D eigenvalue weighted by Crippen LogP contribution is -2.35. The lowest BCUT2D eigenvalue weighted by atomic mass is 10.0. The molecule has 1 aliphatic rings. The van der Waals surface area contributed by atoms with E-state index in [9.17, 15) is 4.79 Å². The van der Waals surface area contributed by atoms with Crippen LogP contribution >= 0.6 is 0 Å². The first kappa shape index (κ1) is 13.9.